The fourth-order valence-electron chi connectivity index (χ4n) is 1.56. The molecule has 0 bridgehead atoms. The van der Waals surface area contributed by atoms with Crippen LogP contribution in [0.2, 0.25) is 0 Å². The van der Waals surface area contributed by atoms with E-state index in [1.165, 1.54) is 0 Å². The summed E-state index contributed by atoms with van der Waals surface area (Å²) >= 11 is 0. The first kappa shape index (κ1) is 11.6. The summed E-state index contributed by atoms with van der Waals surface area (Å²) in [6.45, 7) is 1.35. The first-order valence-corrected chi connectivity index (χ1v) is 5.17. The maximum atomic E-state index is 12.0. The summed E-state index contributed by atoms with van der Waals surface area (Å²) in [5.74, 6) is 0.437. The van der Waals surface area contributed by atoms with Crippen molar-refractivity contribution in [3.8, 4) is 16.9 Å². The number of nitrogens with zero attached hydrogens (tertiary/aromatic N) is 1. The van der Waals surface area contributed by atoms with Crippen molar-refractivity contribution in [3.63, 3.8) is 0 Å². The number of aromatic amines is 1. The van der Waals surface area contributed by atoms with Gasteiger partial charge in [-0.2, -0.15) is 5.10 Å². The van der Waals surface area contributed by atoms with Crippen molar-refractivity contribution >= 4 is 0 Å². The molecule has 0 aliphatic rings. The fraction of sp³-hybridized carbons (Fsp3) is 0.250. The second-order valence-corrected chi connectivity index (χ2v) is 3.67. The highest BCUT2D eigenvalue weighted by Gasteiger charge is 2.07. The Labute approximate surface area is 97.4 Å². The van der Waals surface area contributed by atoms with Crippen LogP contribution in [-0.2, 0) is 0 Å². The smallest absolute Gasteiger partial charge is 0.272 e. The van der Waals surface area contributed by atoms with E-state index in [0.29, 0.717) is 5.75 Å². The van der Waals surface area contributed by atoms with E-state index < -0.39 is 13.0 Å². The number of H-pyrrole nitrogens is 1. The summed E-state index contributed by atoms with van der Waals surface area (Å²) in [4.78, 5) is 0. The quantitative estimate of drug-likeness (QED) is 0.889. The molecule has 2 aromatic rings. The molecule has 1 heterocycles. The van der Waals surface area contributed by atoms with Crippen LogP contribution < -0.4 is 4.74 Å². The van der Waals surface area contributed by atoms with Gasteiger partial charge in [0.05, 0.1) is 6.20 Å². The predicted molar refractivity (Wildman–Crippen MR) is 60.3 cm³/mol. The molecule has 0 saturated heterocycles. The highest BCUT2D eigenvalue weighted by atomic mass is 19.3. The zero-order valence-electron chi connectivity index (χ0n) is 9.28. The summed E-state index contributed by atoms with van der Waals surface area (Å²) in [5.41, 5.74) is 2.87. The first-order valence-electron chi connectivity index (χ1n) is 5.17. The Morgan fingerprint density at radius 1 is 1.41 bits per heavy atom. The average Bonchev–Trinajstić information content (AvgIpc) is 2.81. The SMILES string of the molecule is Cc1ccc(OCC(F)F)cc1-c1cn[nH]c1. The molecule has 0 amide bonds. The van der Waals surface area contributed by atoms with Gasteiger partial charge in [0.2, 0.25) is 0 Å². The van der Waals surface area contributed by atoms with E-state index >= 15 is 0 Å². The maximum Gasteiger partial charge on any atom is 0.272 e. The van der Waals surface area contributed by atoms with Crippen LogP contribution in [0.25, 0.3) is 11.1 Å². The second kappa shape index (κ2) is 4.95. The number of rotatable bonds is 4. The lowest BCUT2D eigenvalue weighted by Crippen LogP contribution is -2.06. The van der Waals surface area contributed by atoms with E-state index in [4.69, 9.17) is 4.74 Å². The van der Waals surface area contributed by atoms with Crippen molar-refractivity contribution in [2.75, 3.05) is 6.61 Å². The van der Waals surface area contributed by atoms with Crippen LogP contribution in [0.3, 0.4) is 0 Å². The van der Waals surface area contributed by atoms with Gasteiger partial charge in [-0.25, -0.2) is 8.78 Å². The Hall–Kier alpha value is -1.91. The Balaban J connectivity index is 2.24. The fourth-order valence-corrected chi connectivity index (χ4v) is 1.56. The molecule has 0 saturated carbocycles. The Morgan fingerprint density at radius 2 is 2.24 bits per heavy atom. The molecule has 2 rings (SSSR count). The number of aromatic nitrogens is 2. The predicted octanol–water partition coefficient (Wildman–Crippen LogP) is 3.03. The van der Waals surface area contributed by atoms with E-state index in [2.05, 4.69) is 10.2 Å². The minimum absolute atomic E-state index is 0.437. The van der Waals surface area contributed by atoms with Crippen molar-refractivity contribution in [1.82, 2.24) is 10.2 Å². The highest BCUT2D eigenvalue weighted by Crippen LogP contribution is 2.26. The number of benzene rings is 1. The molecule has 0 fully saturated rings. The molecule has 0 spiro atoms. The van der Waals surface area contributed by atoms with Crippen LogP contribution in [0.4, 0.5) is 8.78 Å². The topological polar surface area (TPSA) is 37.9 Å². The van der Waals surface area contributed by atoms with Crippen LogP contribution in [0.15, 0.2) is 30.6 Å². The van der Waals surface area contributed by atoms with Crippen LogP contribution in [0, 0.1) is 6.92 Å². The minimum atomic E-state index is -2.46. The van der Waals surface area contributed by atoms with Gasteiger partial charge in [0.15, 0.2) is 0 Å². The van der Waals surface area contributed by atoms with Gasteiger partial charge in [0.1, 0.15) is 12.4 Å². The van der Waals surface area contributed by atoms with Gasteiger partial charge in [-0.05, 0) is 30.2 Å². The van der Waals surface area contributed by atoms with Gasteiger partial charge in [0, 0.05) is 11.8 Å². The highest BCUT2D eigenvalue weighted by molar-refractivity contribution is 5.67. The number of aryl methyl sites for hydroxylation is 1. The Bertz CT molecular complexity index is 483. The second-order valence-electron chi connectivity index (χ2n) is 3.67. The maximum absolute atomic E-state index is 12.0. The van der Waals surface area contributed by atoms with Gasteiger partial charge >= 0.3 is 0 Å². The Morgan fingerprint density at radius 3 is 2.88 bits per heavy atom. The molecule has 0 aliphatic carbocycles. The number of nitrogens with one attached hydrogen (secondary N) is 1. The van der Waals surface area contributed by atoms with E-state index in [1.807, 2.05) is 13.0 Å². The molecular weight excluding hydrogens is 226 g/mol. The third kappa shape index (κ3) is 2.81. The lowest BCUT2D eigenvalue weighted by Gasteiger charge is -2.09. The molecule has 5 heteroatoms. The van der Waals surface area contributed by atoms with Crippen LogP contribution in [0.5, 0.6) is 5.75 Å². The minimum Gasteiger partial charge on any atom is -0.488 e. The summed E-state index contributed by atoms with van der Waals surface area (Å²) in [6.07, 6.45) is 0.965. The number of halogens is 2. The van der Waals surface area contributed by atoms with Crippen molar-refractivity contribution in [3.05, 3.63) is 36.2 Å². The van der Waals surface area contributed by atoms with Gasteiger partial charge in [0.25, 0.3) is 6.43 Å². The summed E-state index contributed by atoms with van der Waals surface area (Å²) in [5, 5.41) is 6.57. The molecule has 1 N–H and O–H groups in total. The summed E-state index contributed by atoms with van der Waals surface area (Å²) in [6, 6.07) is 5.26. The van der Waals surface area contributed by atoms with E-state index in [0.717, 1.165) is 16.7 Å². The molecule has 1 aromatic carbocycles. The zero-order chi connectivity index (χ0) is 12.3. The third-order valence-electron chi connectivity index (χ3n) is 2.39. The van der Waals surface area contributed by atoms with Crippen molar-refractivity contribution < 1.29 is 13.5 Å². The standard InChI is InChI=1S/C12H12F2N2O/c1-8-2-3-10(17-7-12(13)14)4-11(8)9-5-15-16-6-9/h2-6,12H,7H2,1H3,(H,15,16). The van der Waals surface area contributed by atoms with E-state index in [9.17, 15) is 8.78 Å². The summed E-state index contributed by atoms with van der Waals surface area (Å²) in [7, 11) is 0. The molecule has 0 atom stereocenters. The molecule has 90 valence electrons. The number of hydrogen-bond acceptors (Lipinski definition) is 2. The lowest BCUT2D eigenvalue weighted by molar-refractivity contribution is 0.0819. The van der Waals surface area contributed by atoms with E-state index in [1.54, 1.807) is 24.5 Å². The van der Waals surface area contributed by atoms with Gasteiger partial charge in [-0.1, -0.05) is 6.07 Å². The Kier molecular flexibility index (Phi) is 3.37. The normalized spacial score (nSPS) is 10.8. The molecule has 17 heavy (non-hydrogen) atoms. The number of ether oxygens (including phenoxy) is 1. The van der Waals surface area contributed by atoms with E-state index in [-0.39, 0.29) is 0 Å². The molecular formula is C12H12F2N2O. The van der Waals surface area contributed by atoms with Gasteiger partial charge in [-0.3, -0.25) is 5.10 Å². The first-order chi connectivity index (χ1) is 8.16. The molecule has 3 nitrogen and oxygen atoms in total. The monoisotopic (exact) mass is 238 g/mol. The molecule has 0 aliphatic heterocycles. The van der Waals surface area contributed by atoms with Crippen molar-refractivity contribution in [2.24, 2.45) is 0 Å². The van der Waals surface area contributed by atoms with Crippen molar-refractivity contribution in [1.29, 1.82) is 0 Å². The number of alkyl halides is 2. The van der Waals surface area contributed by atoms with Crippen LogP contribution in [0.1, 0.15) is 5.56 Å². The zero-order valence-corrected chi connectivity index (χ0v) is 9.28. The molecule has 0 unspecified atom stereocenters. The largest absolute Gasteiger partial charge is 0.488 e. The third-order valence-corrected chi connectivity index (χ3v) is 2.39. The summed E-state index contributed by atoms with van der Waals surface area (Å²) < 4.78 is 29.0. The van der Waals surface area contributed by atoms with Gasteiger partial charge < -0.3 is 4.74 Å². The van der Waals surface area contributed by atoms with Crippen molar-refractivity contribution in [2.45, 2.75) is 13.3 Å². The number of hydrogen-bond donors (Lipinski definition) is 1. The van der Waals surface area contributed by atoms with Crippen LogP contribution >= 0.6 is 0 Å². The van der Waals surface area contributed by atoms with Crippen LogP contribution in [-0.4, -0.2) is 23.2 Å². The average molecular weight is 238 g/mol. The molecule has 1 aromatic heterocycles. The lowest BCUT2D eigenvalue weighted by atomic mass is 10.0. The molecule has 0 radical (unpaired) electrons. The van der Waals surface area contributed by atoms with Gasteiger partial charge in [-0.15, -0.1) is 0 Å².